The number of likely N-dealkylation sites (tertiary alicyclic amines) is 1. The van der Waals surface area contributed by atoms with Crippen LogP contribution in [0.4, 0.5) is 5.69 Å². The van der Waals surface area contributed by atoms with Gasteiger partial charge in [-0.15, -0.1) is 0 Å². The summed E-state index contributed by atoms with van der Waals surface area (Å²) in [6.45, 7) is 2.54. The van der Waals surface area contributed by atoms with Crippen molar-refractivity contribution in [2.75, 3.05) is 19.8 Å². The van der Waals surface area contributed by atoms with Crippen LogP contribution in [0.1, 0.15) is 24.8 Å². The fraction of sp³-hybridized carbons (Fsp3) is 0.375. The number of nitro groups is 1. The average molecular weight is 363 g/mol. The average Bonchev–Trinajstić information content (AvgIpc) is 2.84. The van der Waals surface area contributed by atoms with E-state index in [1.807, 2.05) is 0 Å². The van der Waals surface area contributed by atoms with E-state index in [-0.39, 0.29) is 11.6 Å². The summed E-state index contributed by atoms with van der Waals surface area (Å²) in [6.07, 6.45) is 5.30. The molecule has 2 saturated heterocycles. The second-order valence-corrected chi connectivity index (χ2v) is 7.45. The van der Waals surface area contributed by atoms with Gasteiger partial charge in [-0.05, 0) is 49.7 Å². The minimum absolute atomic E-state index is 0.0322. The number of nitro benzene ring substituents is 1. The van der Waals surface area contributed by atoms with Crippen LogP contribution in [-0.2, 0) is 4.79 Å². The van der Waals surface area contributed by atoms with Crippen LogP contribution in [-0.4, -0.2) is 44.7 Å². The Labute approximate surface area is 149 Å². The molecule has 6 nitrogen and oxygen atoms in total. The fourth-order valence-corrected chi connectivity index (χ4v) is 4.01. The molecule has 2 aliphatic heterocycles. The van der Waals surface area contributed by atoms with Crippen LogP contribution in [0.2, 0.25) is 0 Å². The first-order chi connectivity index (χ1) is 11.5. The molecule has 0 N–H and O–H groups in total. The number of rotatable bonds is 4. The molecule has 1 aromatic carbocycles. The predicted molar refractivity (Wildman–Crippen MR) is 98.4 cm³/mol. The Morgan fingerprint density at radius 1 is 1.21 bits per heavy atom. The van der Waals surface area contributed by atoms with Crippen LogP contribution in [0.25, 0.3) is 6.08 Å². The molecule has 0 bridgehead atoms. The SMILES string of the molecule is O=C1/C(=C\c2ccc([N+](=O)[O-])cc2)SC(=S)N1CN1CCCCC1. The van der Waals surface area contributed by atoms with Gasteiger partial charge < -0.3 is 0 Å². The second kappa shape index (κ2) is 7.42. The van der Waals surface area contributed by atoms with Gasteiger partial charge in [-0.2, -0.15) is 0 Å². The largest absolute Gasteiger partial charge is 0.286 e. The lowest BCUT2D eigenvalue weighted by molar-refractivity contribution is -0.384. The zero-order valence-corrected chi connectivity index (χ0v) is 14.6. The van der Waals surface area contributed by atoms with E-state index in [2.05, 4.69) is 4.90 Å². The summed E-state index contributed by atoms with van der Waals surface area (Å²) in [6, 6.07) is 6.13. The van der Waals surface area contributed by atoms with E-state index in [1.54, 1.807) is 23.1 Å². The van der Waals surface area contributed by atoms with Crippen LogP contribution in [0, 0.1) is 10.1 Å². The Morgan fingerprint density at radius 2 is 1.88 bits per heavy atom. The highest BCUT2D eigenvalue weighted by molar-refractivity contribution is 8.26. The second-order valence-electron chi connectivity index (χ2n) is 5.78. The quantitative estimate of drug-likeness (QED) is 0.354. The maximum absolute atomic E-state index is 12.6. The Morgan fingerprint density at radius 3 is 2.50 bits per heavy atom. The minimum atomic E-state index is -0.443. The Bertz CT molecular complexity index is 697. The first-order valence-electron chi connectivity index (χ1n) is 7.77. The Kier molecular flexibility index (Phi) is 5.27. The monoisotopic (exact) mass is 363 g/mol. The van der Waals surface area contributed by atoms with E-state index in [0.717, 1.165) is 31.5 Å². The van der Waals surface area contributed by atoms with Gasteiger partial charge in [0.2, 0.25) is 0 Å². The van der Waals surface area contributed by atoms with Gasteiger partial charge in [0.1, 0.15) is 4.32 Å². The standard InChI is InChI=1S/C16H17N3O3S2/c20-15-14(10-12-4-6-13(7-5-12)19(21)22)24-16(23)18(15)11-17-8-2-1-3-9-17/h4-7,10H,1-3,8-9,11H2/b14-10+. The normalized spacial score (nSPS) is 20.8. The lowest BCUT2D eigenvalue weighted by atomic mass is 10.1. The first-order valence-corrected chi connectivity index (χ1v) is 8.99. The van der Waals surface area contributed by atoms with Crippen LogP contribution in [0.5, 0.6) is 0 Å². The van der Waals surface area contributed by atoms with Crippen LogP contribution in [0.3, 0.4) is 0 Å². The summed E-state index contributed by atoms with van der Waals surface area (Å²) in [5.74, 6) is -0.0890. The van der Waals surface area contributed by atoms with Crippen LogP contribution >= 0.6 is 24.0 Å². The fourth-order valence-electron chi connectivity index (χ4n) is 2.77. The third-order valence-corrected chi connectivity index (χ3v) is 5.44. The number of hydrogen-bond acceptors (Lipinski definition) is 6. The Hall–Kier alpha value is -1.77. The topological polar surface area (TPSA) is 66.7 Å². The van der Waals surface area contributed by atoms with E-state index in [1.165, 1.54) is 30.3 Å². The van der Waals surface area contributed by atoms with Gasteiger partial charge in [-0.25, -0.2) is 0 Å². The van der Waals surface area contributed by atoms with Crippen molar-refractivity contribution >= 4 is 46.0 Å². The lowest BCUT2D eigenvalue weighted by Gasteiger charge is -2.29. The number of benzene rings is 1. The van der Waals surface area contributed by atoms with Gasteiger partial charge in [0.25, 0.3) is 11.6 Å². The number of hydrogen-bond donors (Lipinski definition) is 0. The highest BCUT2D eigenvalue weighted by Crippen LogP contribution is 2.33. The van der Waals surface area contributed by atoms with Crippen molar-refractivity contribution in [2.45, 2.75) is 19.3 Å². The number of thiocarbonyl (C=S) groups is 1. The number of piperidine rings is 1. The third-order valence-electron chi connectivity index (χ3n) is 4.07. The van der Waals surface area contributed by atoms with Gasteiger partial charge >= 0.3 is 0 Å². The number of carbonyl (C=O) groups excluding carboxylic acids is 1. The molecule has 0 aliphatic carbocycles. The number of thioether (sulfide) groups is 1. The number of carbonyl (C=O) groups is 1. The number of non-ortho nitro benzene ring substituents is 1. The van der Waals surface area contributed by atoms with Gasteiger partial charge in [0.15, 0.2) is 0 Å². The minimum Gasteiger partial charge on any atom is -0.286 e. The van der Waals surface area contributed by atoms with E-state index < -0.39 is 4.92 Å². The van der Waals surface area contributed by atoms with Crippen LogP contribution in [0.15, 0.2) is 29.2 Å². The smallest absolute Gasteiger partial charge is 0.269 e. The van der Waals surface area contributed by atoms with Crippen molar-refractivity contribution in [1.29, 1.82) is 0 Å². The molecule has 3 rings (SSSR count). The van der Waals surface area contributed by atoms with Crippen molar-refractivity contribution in [3.63, 3.8) is 0 Å². The van der Waals surface area contributed by atoms with Gasteiger partial charge in [-0.1, -0.05) is 30.4 Å². The molecule has 1 aromatic rings. The maximum atomic E-state index is 12.6. The maximum Gasteiger partial charge on any atom is 0.269 e. The van der Waals surface area contributed by atoms with E-state index in [0.29, 0.717) is 15.9 Å². The summed E-state index contributed by atoms with van der Waals surface area (Å²) in [5, 5.41) is 10.7. The molecule has 0 aromatic heterocycles. The summed E-state index contributed by atoms with van der Waals surface area (Å²) >= 11 is 6.63. The highest BCUT2D eigenvalue weighted by Gasteiger charge is 2.33. The first kappa shape index (κ1) is 17.1. The molecule has 126 valence electrons. The zero-order chi connectivity index (χ0) is 17.1. The third kappa shape index (κ3) is 3.82. The van der Waals surface area contributed by atoms with Gasteiger partial charge in [0.05, 0.1) is 16.5 Å². The van der Waals surface area contributed by atoms with Crippen molar-refractivity contribution in [2.24, 2.45) is 0 Å². The Balaban J connectivity index is 1.71. The molecule has 0 radical (unpaired) electrons. The summed E-state index contributed by atoms with van der Waals surface area (Å²) < 4.78 is 0.568. The van der Waals surface area contributed by atoms with E-state index >= 15 is 0 Å². The molecule has 0 unspecified atom stereocenters. The van der Waals surface area contributed by atoms with Gasteiger partial charge in [0, 0.05) is 12.1 Å². The van der Waals surface area contributed by atoms with E-state index in [4.69, 9.17) is 12.2 Å². The lowest BCUT2D eigenvalue weighted by Crippen LogP contribution is -2.42. The van der Waals surface area contributed by atoms with E-state index in [9.17, 15) is 14.9 Å². The van der Waals surface area contributed by atoms with Crippen molar-refractivity contribution in [1.82, 2.24) is 9.80 Å². The molecule has 0 spiro atoms. The molecule has 0 atom stereocenters. The zero-order valence-electron chi connectivity index (χ0n) is 13.0. The summed E-state index contributed by atoms with van der Waals surface area (Å²) in [5.41, 5.74) is 0.781. The molecule has 8 heteroatoms. The van der Waals surface area contributed by atoms with Gasteiger partial charge in [-0.3, -0.25) is 24.7 Å². The predicted octanol–water partition coefficient (Wildman–Crippen LogP) is 3.24. The molecular formula is C16H17N3O3S2. The highest BCUT2D eigenvalue weighted by atomic mass is 32.2. The number of amides is 1. The van der Waals surface area contributed by atoms with Crippen LogP contribution < -0.4 is 0 Å². The summed E-state index contributed by atoms with van der Waals surface area (Å²) in [7, 11) is 0. The molecule has 2 aliphatic rings. The molecule has 24 heavy (non-hydrogen) atoms. The summed E-state index contributed by atoms with van der Waals surface area (Å²) in [4.78, 5) is 27.3. The molecule has 0 saturated carbocycles. The van der Waals surface area contributed by atoms with Crippen molar-refractivity contribution < 1.29 is 9.72 Å². The molecular weight excluding hydrogens is 346 g/mol. The van der Waals surface area contributed by atoms with Crippen molar-refractivity contribution in [3.05, 3.63) is 44.8 Å². The molecule has 1 amide bonds. The molecule has 2 fully saturated rings. The molecule has 2 heterocycles. The number of nitrogens with zero attached hydrogens (tertiary/aromatic N) is 3. The van der Waals surface area contributed by atoms with Crippen molar-refractivity contribution in [3.8, 4) is 0 Å².